The van der Waals surface area contributed by atoms with Crippen LogP contribution in [0.15, 0.2) is 60.8 Å². The number of esters is 2. The number of hydrogen-bond donors (Lipinski definition) is 1. The number of hydrogen-bond acceptors (Lipinski definition) is 7. The van der Waals surface area contributed by atoms with Crippen molar-refractivity contribution in [3.63, 3.8) is 0 Å². The van der Waals surface area contributed by atoms with Gasteiger partial charge in [-0.05, 0) is 83.5 Å². The van der Waals surface area contributed by atoms with E-state index in [2.05, 4.69) is 74.6 Å². The topological polar surface area (TPSA) is 108 Å². The molecule has 9 heteroatoms. The van der Waals surface area contributed by atoms with E-state index >= 15 is 0 Å². The van der Waals surface area contributed by atoms with Gasteiger partial charge in [-0.25, -0.2) is 4.79 Å². The van der Waals surface area contributed by atoms with Crippen molar-refractivity contribution in [2.75, 3.05) is 47.5 Å². The average Bonchev–Trinajstić information content (AvgIpc) is 3.44. The molecule has 0 aromatic carbocycles. The van der Waals surface area contributed by atoms with E-state index in [1.165, 1.54) is 218 Å². The van der Waals surface area contributed by atoms with Gasteiger partial charge in [0.05, 0.1) is 34.4 Å². The largest absolute Gasteiger partial charge is 0.477 e. The number of carbonyl (C=O) groups is 3. The van der Waals surface area contributed by atoms with Gasteiger partial charge in [0.15, 0.2) is 6.10 Å². The highest BCUT2D eigenvalue weighted by Crippen LogP contribution is 2.18. The summed E-state index contributed by atoms with van der Waals surface area (Å²) in [5, 5.41) is 9.71. The molecular formula is C72H132NO8+. The van der Waals surface area contributed by atoms with Gasteiger partial charge in [0.25, 0.3) is 6.29 Å². The first-order chi connectivity index (χ1) is 39.6. The second-order valence-corrected chi connectivity index (χ2v) is 24.5. The maximum Gasteiger partial charge on any atom is 0.361 e. The van der Waals surface area contributed by atoms with Crippen molar-refractivity contribution in [3.8, 4) is 0 Å². The van der Waals surface area contributed by atoms with Gasteiger partial charge in [0, 0.05) is 12.8 Å². The van der Waals surface area contributed by atoms with Crippen LogP contribution in [0.2, 0.25) is 0 Å². The number of rotatable bonds is 64. The fourth-order valence-corrected chi connectivity index (χ4v) is 9.94. The highest BCUT2D eigenvalue weighted by molar-refractivity contribution is 5.71. The fourth-order valence-electron chi connectivity index (χ4n) is 9.94. The van der Waals surface area contributed by atoms with E-state index in [9.17, 15) is 19.5 Å². The monoisotopic (exact) mass is 1140 g/mol. The van der Waals surface area contributed by atoms with Crippen LogP contribution in [0, 0.1) is 0 Å². The Labute approximate surface area is 501 Å². The number of nitrogens with zero attached hydrogens (tertiary/aromatic N) is 1. The van der Waals surface area contributed by atoms with Gasteiger partial charge in [0.2, 0.25) is 0 Å². The van der Waals surface area contributed by atoms with E-state index < -0.39 is 24.3 Å². The van der Waals surface area contributed by atoms with Crippen LogP contribution in [0.4, 0.5) is 0 Å². The molecule has 0 aromatic heterocycles. The first-order valence-electron chi connectivity index (χ1n) is 34.5. The Kier molecular flexibility index (Phi) is 60.7. The maximum absolute atomic E-state index is 12.9. The summed E-state index contributed by atoms with van der Waals surface area (Å²) in [6, 6.07) is 0. The van der Waals surface area contributed by atoms with Crippen molar-refractivity contribution in [3.05, 3.63) is 60.8 Å². The molecule has 81 heavy (non-hydrogen) atoms. The normalized spacial score (nSPS) is 13.0. The summed E-state index contributed by atoms with van der Waals surface area (Å²) in [7, 11) is 5.97. The minimum absolute atomic E-state index is 0.186. The van der Waals surface area contributed by atoms with Crippen molar-refractivity contribution in [2.24, 2.45) is 0 Å². The van der Waals surface area contributed by atoms with E-state index in [0.29, 0.717) is 11.0 Å². The Morgan fingerprint density at radius 2 is 0.667 bits per heavy atom. The molecule has 2 unspecified atom stereocenters. The number of carboxylic acids is 1. The number of allylic oxidation sites excluding steroid dienone is 10. The predicted octanol–water partition coefficient (Wildman–Crippen LogP) is 21.1. The molecule has 0 saturated carbocycles. The van der Waals surface area contributed by atoms with Crippen LogP contribution in [-0.4, -0.2) is 87.4 Å². The standard InChI is InChI=1S/C72H131NO8/c1-6-8-10-12-14-16-18-20-22-23-24-25-26-27-28-29-30-31-32-33-34-35-36-37-38-39-40-41-42-43-44-45-46-47-49-51-53-55-57-59-61-63-70(75)81-68(67-80-72(71(76)77)78-65-64-73(3,4)5)66-79-69(74)62-60-58-56-54-52-50-48-21-19-17-15-13-11-9-7-2/h15,17-18,20-21,23-24,26-27,48,68,72H,6-14,16,19,22,25,28-47,49-67H2,1-5H3/p+1/b17-15-,20-18-,24-23-,27-26-,48-21-. The van der Waals surface area contributed by atoms with E-state index in [1.807, 2.05) is 21.1 Å². The maximum atomic E-state index is 12.9. The van der Waals surface area contributed by atoms with E-state index in [4.69, 9.17) is 18.9 Å². The highest BCUT2D eigenvalue weighted by atomic mass is 16.7. The third kappa shape index (κ3) is 64.4. The number of aliphatic carboxylic acids is 1. The zero-order valence-corrected chi connectivity index (χ0v) is 53.9. The van der Waals surface area contributed by atoms with Crippen molar-refractivity contribution < 1.29 is 42.9 Å². The lowest BCUT2D eigenvalue weighted by Gasteiger charge is -2.25. The van der Waals surface area contributed by atoms with Crippen LogP contribution >= 0.6 is 0 Å². The first-order valence-corrected chi connectivity index (χ1v) is 34.5. The van der Waals surface area contributed by atoms with Crippen molar-refractivity contribution in [2.45, 2.75) is 334 Å². The number of carbonyl (C=O) groups excluding carboxylic acids is 2. The molecule has 0 saturated heterocycles. The van der Waals surface area contributed by atoms with Gasteiger partial charge >= 0.3 is 17.9 Å². The molecule has 0 spiro atoms. The summed E-state index contributed by atoms with van der Waals surface area (Å²) in [5.74, 6) is -2.01. The van der Waals surface area contributed by atoms with Crippen LogP contribution in [-0.2, 0) is 33.3 Å². The highest BCUT2D eigenvalue weighted by Gasteiger charge is 2.25. The lowest BCUT2D eigenvalue weighted by Crippen LogP contribution is -2.40. The third-order valence-corrected chi connectivity index (χ3v) is 15.2. The van der Waals surface area contributed by atoms with Gasteiger partial charge in [0.1, 0.15) is 13.2 Å². The van der Waals surface area contributed by atoms with Gasteiger partial charge in [-0.1, -0.05) is 286 Å². The Morgan fingerprint density at radius 3 is 1.01 bits per heavy atom. The van der Waals surface area contributed by atoms with Crippen LogP contribution in [0.25, 0.3) is 0 Å². The quantitative estimate of drug-likeness (QED) is 0.0211. The second kappa shape index (κ2) is 63.0. The van der Waals surface area contributed by atoms with Crippen LogP contribution in [0.5, 0.6) is 0 Å². The molecule has 0 aliphatic carbocycles. The van der Waals surface area contributed by atoms with Gasteiger partial charge in [-0.2, -0.15) is 0 Å². The predicted molar refractivity (Wildman–Crippen MR) is 346 cm³/mol. The van der Waals surface area contributed by atoms with Gasteiger partial charge in [-0.3, -0.25) is 9.59 Å². The van der Waals surface area contributed by atoms with E-state index in [1.54, 1.807) is 0 Å². The molecule has 0 bridgehead atoms. The molecule has 0 aliphatic rings. The molecule has 1 N–H and O–H groups in total. The molecule has 2 atom stereocenters. The molecule has 0 rings (SSSR count). The summed E-state index contributed by atoms with van der Waals surface area (Å²) in [6.45, 7) is 4.85. The van der Waals surface area contributed by atoms with Crippen LogP contribution in [0.1, 0.15) is 322 Å². The van der Waals surface area contributed by atoms with E-state index in [0.717, 1.165) is 77.0 Å². The SMILES string of the molecule is CCCCC/C=C\C/C=C\CCCCCCCC(=O)OCC(COC(OCC[N+](C)(C)C)C(=O)O)OC(=O)CCCCCCCCCCCCCCCCCCCCCCCCCCCC/C=C\C/C=C\C/C=C\CCCCCCC. The van der Waals surface area contributed by atoms with Crippen molar-refractivity contribution in [1.82, 2.24) is 0 Å². The summed E-state index contributed by atoms with van der Waals surface area (Å²) < 4.78 is 22.9. The van der Waals surface area contributed by atoms with Crippen LogP contribution < -0.4 is 0 Å². The van der Waals surface area contributed by atoms with Gasteiger partial charge < -0.3 is 28.5 Å². The number of likely N-dealkylation sites (N-methyl/N-ethyl adjacent to an activating group) is 1. The Balaban J connectivity index is 3.93. The molecule has 0 amide bonds. The minimum atomic E-state index is -1.51. The number of ether oxygens (including phenoxy) is 4. The van der Waals surface area contributed by atoms with Crippen molar-refractivity contribution in [1.29, 1.82) is 0 Å². The number of quaternary nitrogens is 1. The molecular weight excluding hydrogens is 1010 g/mol. The van der Waals surface area contributed by atoms with Crippen LogP contribution in [0.3, 0.4) is 0 Å². The van der Waals surface area contributed by atoms with Crippen molar-refractivity contribution >= 4 is 17.9 Å². The molecule has 0 fully saturated rings. The Hall–Kier alpha value is -3.01. The zero-order valence-electron chi connectivity index (χ0n) is 53.9. The molecule has 0 heterocycles. The first kappa shape index (κ1) is 78.0. The minimum Gasteiger partial charge on any atom is -0.477 e. The summed E-state index contributed by atoms with van der Waals surface area (Å²) in [4.78, 5) is 37.5. The Bertz CT molecular complexity index is 1510. The summed E-state index contributed by atoms with van der Waals surface area (Å²) in [5.41, 5.74) is 0. The Morgan fingerprint density at radius 1 is 0.370 bits per heavy atom. The molecule has 0 aromatic rings. The molecule has 472 valence electrons. The second-order valence-electron chi connectivity index (χ2n) is 24.5. The lowest BCUT2D eigenvalue weighted by molar-refractivity contribution is -0.870. The van der Waals surface area contributed by atoms with Gasteiger partial charge in [-0.15, -0.1) is 0 Å². The lowest BCUT2D eigenvalue weighted by atomic mass is 10.0. The number of unbranched alkanes of at least 4 members (excludes halogenated alkanes) is 39. The summed E-state index contributed by atoms with van der Waals surface area (Å²) in [6.07, 6.45) is 79.3. The molecule has 9 nitrogen and oxygen atoms in total. The summed E-state index contributed by atoms with van der Waals surface area (Å²) >= 11 is 0. The smallest absolute Gasteiger partial charge is 0.361 e. The third-order valence-electron chi connectivity index (χ3n) is 15.2. The average molecular weight is 1140 g/mol. The molecule has 0 aliphatic heterocycles. The fraction of sp³-hybridized carbons (Fsp3) is 0.819. The zero-order chi connectivity index (χ0) is 59.1. The number of carboxylic acid groups (broad SMARTS) is 1. The molecule has 0 radical (unpaired) electrons. The van der Waals surface area contributed by atoms with E-state index in [-0.39, 0.29) is 38.6 Å².